The number of hydrogen-bond donors (Lipinski definition) is 1. The number of aryl methyl sites for hydroxylation is 2. The van der Waals surface area contributed by atoms with Crippen LogP contribution in [0.2, 0.25) is 0 Å². The Kier molecular flexibility index (Phi) is 5.40. The third-order valence-corrected chi connectivity index (χ3v) is 7.52. The lowest BCUT2D eigenvalue weighted by molar-refractivity contribution is 0.198. The summed E-state index contributed by atoms with van der Waals surface area (Å²) in [5.41, 5.74) is 8.39. The molecular formula is C27H32N8. The molecule has 0 spiro atoms. The van der Waals surface area contributed by atoms with Crippen molar-refractivity contribution in [1.29, 1.82) is 0 Å². The van der Waals surface area contributed by atoms with E-state index in [4.69, 9.17) is 0 Å². The smallest absolute Gasteiger partial charge is 0.158 e. The number of aromatic amines is 1. The second-order valence-electron chi connectivity index (χ2n) is 10.2. The van der Waals surface area contributed by atoms with Crippen LogP contribution in [0.1, 0.15) is 61.0 Å². The van der Waals surface area contributed by atoms with E-state index in [9.17, 15) is 0 Å². The first-order chi connectivity index (χ1) is 17.0. The van der Waals surface area contributed by atoms with Crippen molar-refractivity contribution >= 4 is 16.6 Å². The zero-order valence-electron chi connectivity index (χ0n) is 20.9. The summed E-state index contributed by atoms with van der Waals surface area (Å²) >= 11 is 0. The molecule has 35 heavy (non-hydrogen) atoms. The molecule has 5 heterocycles. The summed E-state index contributed by atoms with van der Waals surface area (Å²) in [6.45, 7) is 9.70. The van der Waals surface area contributed by atoms with Crippen LogP contribution < -0.4 is 0 Å². The quantitative estimate of drug-likeness (QED) is 0.400. The van der Waals surface area contributed by atoms with Gasteiger partial charge in [0.15, 0.2) is 5.65 Å². The second-order valence-corrected chi connectivity index (χ2v) is 10.2. The maximum absolute atomic E-state index is 4.38. The monoisotopic (exact) mass is 468 g/mol. The number of nitrogens with one attached hydrogen (secondary N) is 1. The van der Waals surface area contributed by atoms with Crippen molar-refractivity contribution in [3.8, 4) is 11.3 Å². The van der Waals surface area contributed by atoms with Crippen LogP contribution in [0.25, 0.3) is 27.8 Å². The summed E-state index contributed by atoms with van der Waals surface area (Å²) in [5.74, 6) is 2.02. The molecule has 8 nitrogen and oxygen atoms in total. The summed E-state index contributed by atoms with van der Waals surface area (Å²) < 4.78 is 3.89. The first-order valence-corrected chi connectivity index (χ1v) is 12.5. The van der Waals surface area contributed by atoms with E-state index in [1.807, 2.05) is 16.1 Å². The van der Waals surface area contributed by atoms with Gasteiger partial charge in [-0.15, -0.1) is 10.2 Å². The number of hydrogen-bond acceptors (Lipinski definition) is 5. The average Bonchev–Trinajstić information content (AvgIpc) is 3.57. The molecule has 180 valence electrons. The molecule has 0 aliphatic carbocycles. The first-order valence-electron chi connectivity index (χ1n) is 12.5. The highest BCUT2D eigenvalue weighted by molar-refractivity contribution is 5.92. The van der Waals surface area contributed by atoms with Gasteiger partial charge in [0.1, 0.15) is 18.5 Å². The van der Waals surface area contributed by atoms with Crippen molar-refractivity contribution in [3.63, 3.8) is 0 Å². The molecule has 0 bridgehead atoms. The lowest BCUT2D eigenvalue weighted by Gasteiger charge is -2.31. The number of fused-ring (bicyclic) bond motifs is 2. The first kappa shape index (κ1) is 22.0. The number of benzene rings is 1. The molecule has 8 heteroatoms. The number of piperidine rings is 1. The summed E-state index contributed by atoms with van der Waals surface area (Å²) in [4.78, 5) is 10.6. The zero-order chi connectivity index (χ0) is 24.1. The van der Waals surface area contributed by atoms with E-state index in [2.05, 4.69) is 81.4 Å². The van der Waals surface area contributed by atoms with Crippen molar-refractivity contribution in [1.82, 2.24) is 39.2 Å². The minimum atomic E-state index is 0.397. The second kappa shape index (κ2) is 8.61. The Labute approximate surface area is 205 Å². The van der Waals surface area contributed by atoms with E-state index in [1.54, 1.807) is 12.7 Å². The van der Waals surface area contributed by atoms with Crippen molar-refractivity contribution in [2.45, 2.75) is 52.0 Å². The summed E-state index contributed by atoms with van der Waals surface area (Å²) in [6.07, 6.45) is 7.81. The zero-order valence-corrected chi connectivity index (χ0v) is 20.9. The highest BCUT2D eigenvalue weighted by Crippen LogP contribution is 2.38. The van der Waals surface area contributed by atoms with E-state index in [0.29, 0.717) is 11.8 Å². The molecule has 1 N–H and O–H groups in total. The van der Waals surface area contributed by atoms with Crippen LogP contribution in [-0.4, -0.2) is 52.3 Å². The Hall–Kier alpha value is -3.52. The number of rotatable bonds is 5. The number of H-pyrrole nitrogens is 1. The predicted octanol–water partition coefficient (Wildman–Crippen LogP) is 4.82. The van der Waals surface area contributed by atoms with Crippen molar-refractivity contribution in [2.75, 3.05) is 13.1 Å². The molecule has 6 rings (SSSR count). The van der Waals surface area contributed by atoms with Crippen molar-refractivity contribution in [3.05, 3.63) is 65.6 Å². The minimum absolute atomic E-state index is 0.397. The molecule has 0 saturated carbocycles. The molecule has 1 aliphatic rings. The fourth-order valence-electron chi connectivity index (χ4n) is 5.62. The third-order valence-electron chi connectivity index (χ3n) is 7.52. The van der Waals surface area contributed by atoms with Gasteiger partial charge in [0.2, 0.25) is 0 Å². The number of aromatic nitrogens is 7. The van der Waals surface area contributed by atoms with E-state index in [-0.39, 0.29) is 0 Å². The summed E-state index contributed by atoms with van der Waals surface area (Å²) in [5, 5.41) is 14.0. The molecular weight excluding hydrogens is 436 g/mol. The largest absolute Gasteiger partial charge is 0.354 e. The Morgan fingerprint density at radius 2 is 1.97 bits per heavy atom. The van der Waals surface area contributed by atoms with E-state index in [0.717, 1.165) is 42.2 Å². The van der Waals surface area contributed by atoms with E-state index < -0.39 is 0 Å². The molecule has 0 amide bonds. The molecule has 0 radical (unpaired) electrons. The lowest BCUT2D eigenvalue weighted by Crippen LogP contribution is -2.33. The Balaban J connectivity index is 1.30. The Morgan fingerprint density at radius 3 is 2.71 bits per heavy atom. The van der Waals surface area contributed by atoms with Gasteiger partial charge in [-0.05, 0) is 79.6 Å². The van der Waals surface area contributed by atoms with Gasteiger partial charge in [-0.2, -0.15) is 5.10 Å². The maximum Gasteiger partial charge on any atom is 0.158 e. The topological polar surface area (TPSA) is 79.9 Å². The van der Waals surface area contributed by atoms with Gasteiger partial charge in [0.25, 0.3) is 0 Å². The summed E-state index contributed by atoms with van der Waals surface area (Å²) in [6, 6.07) is 9.25. The van der Waals surface area contributed by atoms with Gasteiger partial charge in [-0.1, -0.05) is 19.9 Å². The molecule has 5 aromatic rings. The highest BCUT2D eigenvalue weighted by atomic mass is 15.3. The van der Waals surface area contributed by atoms with Crippen LogP contribution in [0.4, 0.5) is 0 Å². The van der Waals surface area contributed by atoms with Crippen molar-refractivity contribution in [2.24, 2.45) is 7.05 Å². The predicted molar refractivity (Wildman–Crippen MR) is 137 cm³/mol. The van der Waals surface area contributed by atoms with Crippen LogP contribution in [0, 0.1) is 6.92 Å². The highest BCUT2D eigenvalue weighted by Gasteiger charge is 2.24. The van der Waals surface area contributed by atoms with Gasteiger partial charge in [0.05, 0.1) is 12.2 Å². The Morgan fingerprint density at radius 1 is 1.14 bits per heavy atom. The molecule has 1 fully saturated rings. The fourth-order valence-corrected chi connectivity index (χ4v) is 5.62. The normalized spacial score (nSPS) is 15.7. The van der Waals surface area contributed by atoms with Gasteiger partial charge < -0.3 is 9.55 Å². The SMILES string of the molecule is Cc1cc(-c2[nH]c3ccc(C4CCN(Cc5nncn5C)CC4)cc3c2C(C)C)cn2ncnc12. The molecule has 4 aromatic heterocycles. The van der Waals surface area contributed by atoms with Gasteiger partial charge in [-0.3, -0.25) is 4.90 Å². The van der Waals surface area contributed by atoms with Crippen LogP contribution in [0.15, 0.2) is 43.1 Å². The van der Waals surface area contributed by atoms with Crippen LogP contribution in [-0.2, 0) is 13.6 Å². The number of likely N-dealkylation sites (tertiary alicyclic amines) is 1. The van der Waals surface area contributed by atoms with Crippen LogP contribution in [0.3, 0.4) is 0 Å². The average molecular weight is 469 g/mol. The molecule has 1 saturated heterocycles. The van der Waals surface area contributed by atoms with Crippen molar-refractivity contribution < 1.29 is 0 Å². The maximum atomic E-state index is 4.38. The molecule has 0 atom stereocenters. The lowest BCUT2D eigenvalue weighted by atomic mass is 9.87. The van der Waals surface area contributed by atoms with Crippen LogP contribution in [0.5, 0.6) is 0 Å². The van der Waals surface area contributed by atoms with Crippen LogP contribution >= 0.6 is 0 Å². The number of nitrogens with zero attached hydrogens (tertiary/aromatic N) is 7. The molecule has 1 aromatic carbocycles. The minimum Gasteiger partial charge on any atom is -0.354 e. The van der Waals surface area contributed by atoms with Gasteiger partial charge in [-0.25, -0.2) is 9.50 Å². The van der Waals surface area contributed by atoms with Gasteiger partial charge >= 0.3 is 0 Å². The third kappa shape index (κ3) is 3.91. The number of pyridine rings is 1. The van der Waals surface area contributed by atoms with E-state index in [1.165, 1.54) is 40.6 Å². The summed E-state index contributed by atoms with van der Waals surface area (Å²) in [7, 11) is 2.01. The standard InChI is InChI=1S/C27H32N8/c1-17(2)25-22-12-20(19-7-9-34(10-8-19)14-24-32-29-16-33(24)4)5-6-23(22)31-26(25)21-11-18(3)27-28-15-30-35(27)13-21/h5-6,11-13,15-17,19,31H,7-10,14H2,1-4H3. The molecule has 0 unspecified atom stereocenters. The fraction of sp³-hybridized carbons (Fsp3) is 0.407. The Bertz CT molecular complexity index is 1500. The van der Waals surface area contributed by atoms with E-state index >= 15 is 0 Å². The van der Waals surface area contributed by atoms with Gasteiger partial charge in [0, 0.05) is 29.7 Å². The molecule has 1 aliphatic heterocycles.